The van der Waals surface area contributed by atoms with E-state index in [0.29, 0.717) is 24.4 Å². The maximum absolute atomic E-state index is 14.0. The van der Waals surface area contributed by atoms with E-state index in [0.717, 1.165) is 69.8 Å². The van der Waals surface area contributed by atoms with Gasteiger partial charge in [0.1, 0.15) is 18.1 Å². The van der Waals surface area contributed by atoms with Gasteiger partial charge in [-0.25, -0.2) is 0 Å². The monoisotopic (exact) mass is 534 g/mol. The molecule has 4 aliphatic carbocycles. The normalized spacial score (nSPS) is 35.8. The van der Waals surface area contributed by atoms with Gasteiger partial charge in [-0.1, -0.05) is 50.2 Å². The molecule has 1 aromatic rings. The Morgan fingerprint density at radius 2 is 1.31 bits per heavy atom. The molecule has 2 saturated heterocycles. The highest BCUT2D eigenvalue weighted by Crippen LogP contribution is 2.58. The Kier molecular flexibility index (Phi) is 6.29. The quantitative estimate of drug-likeness (QED) is 0.461. The Bertz CT molecular complexity index is 1220. The first-order valence-corrected chi connectivity index (χ1v) is 15.1. The standard InChI is InChI=1S/C31H38N2O6/c34-16-19-11-14-24(39-19)26-20-12-13-21-25(30(37)32(28(21)35)17-7-3-1-4-8-17)22(20)15-23-27(26)31(38)33(29(23)36)18-9-5-2-6-10-18/h11-12,14,17-18,21-23,25-27,34H,1-10,13,15-16H2/t21-,22+,23+,25-,26+,27+/m0/s1. The summed E-state index contributed by atoms with van der Waals surface area (Å²) < 4.78 is 6.03. The van der Waals surface area contributed by atoms with Gasteiger partial charge in [-0.15, -0.1) is 0 Å². The van der Waals surface area contributed by atoms with E-state index in [2.05, 4.69) is 6.08 Å². The molecule has 6 atom stereocenters. The molecule has 0 aromatic carbocycles. The molecular formula is C31H38N2O6. The molecule has 0 unspecified atom stereocenters. The largest absolute Gasteiger partial charge is 0.463 e. The molecule has 3 heterocycles. The predicted octanol–water partition coefficient (Wildman–Crippen LogP) is 4.07. The summed E-state index contributed by atoms with van der Waals surface area (Å²) in [6.07, 6.45) is 12.8. The van der Waals surface area contributed by atoms with Gasteiger partial charge in [0.2, 0.25) is 23.6 Å². The van der Waals surface area contributed by atoms with Gasteiger partial charge in [-0.2, -0.15) is 0 Å². The smallest absolute Gasteiger partial charge is 0.234 e. The molecule has 6 aliphatic rings. The Morgan fingerprint density at radius 1 is 0.718 bits per heavy atom. The Hall–Kier alpha value is -2.74. The van der Waals surface area contributed by atoms with Crippen molar-refractivity contribution in [3.05, 3.63) is 35.3 Å². The number of likely N-dealkylation sites (tertiary alicyclic amines) is 2. The van der Waals surface area contributed by atoms with E-state index < -0.39 is 29.6 Å². The summed E-state index contributed by atoms with van der Waals surface area (Å²) in [5.74, 6) is -2.11. The number of fused-ring (bicyclic) bond motifs is 4. The molecule has 0 radical (unpaired) electrons. The maximum Gasteiger partial charge on any atom is 0.234 e. The third-order valence-corrected chi connectivity index (χ3v) is 10.7. The molecule has 208 valence electrons. The number of aliphatic hydroxyl groups is 1. The molecule has 39 heavy (non-hydrogen) atoms. The number of carbonyl (C=O) groups excluding carboxylic acids is 4. The van der Waals surface area contributed by atoms with Gasteiger partial charge in [0.15, 0.2) is 0 Å². The molecule has 4 amide bonds. The fourth-order valence-corrected chi connectivity index (χ4v) is 9.00. The summed E-state index contributed by atoms with van der Waals surface area (Å²) in [5, 5.41) is 9.69. The van der Waals surface area contributed by atoms with Crippen LogP contribution in [0, 0.1) is 29.6 Å². The lowest BCUT2D eigenvalue weighted by Gasteiger charge is -2.43. The SMILES string of the molecule is O=C1[C@H]2[C@H](CC=C3[C@H]2C[C@H]2C(=O)N(C4CCCCC4)C(=O)[C@H]2[C@H]3c2ccc(CO)o2)C(=O)N1C1CCCCC1. The van der Waals surface area contributed by atoms with E-state index in [9.17, 15) is 24.3 Å². The average Bonchev–Trinajstić information content (AvgIpc) is 3.62. The minimum Gasteiger partial charge on any atom is -0.463 e. The fraction of sp³-hybridized carbons (Fsp3) is 0.677. The number of rotatable bonds is 4. The fourth-order valence-electron chi connectivity index (χ4n) is 9.00. The van der Waals surface area contributed by atoms with E-state index in [1.807, 2.05) is 0 Å². The zero-order chi connectivity index (χ0) is 26.8. The molecule has 7 rings (SSSR count). The van der Waals surface area contributed by atoms with Crippen LogP contribution in [0.5, 0.6) is 0 Å². The molecule has 2 aliphatic heterocycles. The van der Waals surface area contributed by atoms with Gasteiger partial charge < -0.3 is 9.52 Å². The van der Waals surface area contributed by atoms with Gasteiger partial charge in [0, 0.05) is 12.1 Å². The zero-order valence-electron chi connectivity index (χ0n) is 22.4. The van der Waals surface area contributed by atoms with Crippen LogP contribution in [0.3, 0.4) is 0 Å². The van der Waals surface area contributed by atoms with Gasteiger partial charge in [-0.05, 0) is 56.6 Å². The van der Waals surface area contributed by atoms with Crippen LogP contribution in [0.25, 0.3) is 0 Å². The Labute approximate surface area is 228 Å². The van der Waals surface area contributed by atoms with Crippen molar-refractivity contribution in [2.75, 3.05) is 0 Å². The summed E-state index contributed by atoms with van der Waals surface area (Å²) in [5.41, 5.74) is 0.967. The first-order chi connectivity index (χ1) is 19.0. The number of amides is 4. The minimum absolute atomic E-state index is 0.0198. The van der Waals surface area contributed by atoms with Crippen molar-refractivity contribution in [1.29, 1.82) is 0 Å². The first-order valence-electron chi connectivity index (χ1n) is 15.1. The minimum atomic E-state index is -0.571. The van der Waals surface area contributed by atoms with Crippen molar-refractivity contribution in [3.63, 3.8) is 0 Å². The van der Waals surface area contributed by atoms with Gasteiger partial charge in [0.25, 0.3) is 0 Å². The topological polar surface area (TPSA) is 108 Å². The van der Waals surface area contributed by atoms with Crippen LogP contribution >= 0.6 is 0 Å². The van der Waals surface area contributed by atoms with Crippen molar-refractivity contribution in [2.45, 2.75) is 102 Å². The highest BCUT2D eigenvalue weighted by atomic mass is 16.4. The van der Waals surface area contributed by atoms with Crippen molar-refractivity contribution in [3.8, 4) is 0 Å². The van der Waals surface area contributed by atoms with Crippen molar-refractivity contribution < 1.29 is 28.7 Å². The highest BCUT2D eigenvalue weighted by Gasteiger charge is 2.63. The van der Waals surface area contributed by atoms with Crippen LogP contribution in [-0.4, -0.2) is 50.6 Å². The number of hydrogen-bond acceptors (Lipinski definition) is 6. The Morgan fingerprint density at radius 3 is 1.90 bits per heavy atom. The third kappa shape index (κ3) is 3.80. The number of furan rings is 1. The van der Waals surface area contributed by atoms with Crippen LogP contribution in [0.4, 0.5) is 0 Å². The van der Waals surface area contributed by atoms with E-state index in [1.54, 1.807) is 21.9 Å². The van der Waals surface area contributed by atoms with E-state index in [1.165, 1.54) is 0 Å². The second kappa shape index (κ2) is 9.72. The van der Waals surface area contributed by atoms with Crippen LogP contribution in [0.2, 0.25) is 0 Å². The molecule has 0 bridgehead atoms. The van der Waals surface area contributed by atoms with Gasteiger partial charge >= 0.3 is 0 Å². The van der Waals surface area contributed by atoms with Crippen LogP contribution in [0.1, 0.15) is 94.5 Å². The molecule has 0 spiro atoms. The first kappa shape index (κ1) is 25.2. The maximum atomic E-state index is 14.0. The van der Waals surface area contributed by atoms with Crippen molar-refractivity contribution in [2.24, 2.45) is 29.6 Å². The van der Waals surface area contributed by atoms with E-state index in [-0.39, 0.29) is 48.2 Å². The van der Waals surface area contributed by atoms with Crippen LogP contribution in [-0.2, 0) is 25.8 Å². The van der Waals surface area contributed by atoms with Crippen LogP contribution in [0.15, 0.2) is 28.2 Å². The van der Waals surface area contributed by atoms with E-state index in [4.69, 9.17) is 4.42 Å². The predicted molar refractivity (Wildman–Crippen MR) is 140 cm³/mol. The number of imide groups is 2. The lowest BCUT2D eigenvalue weighted by molar-refractivity contribution is -0.145. The number of nitrogens with zero attached hydrogens (tertiary/aromatic N) is 2. The highest BCUT2D eigenvalue weighted by molar-refractivity contribution is 6.08. The van der Waals surface area contributed by atoms with Crippen LogP contribution < -0.4 is 0 Å². The number of aliphatic hydroxyl groups excluding tert-OH is 1. The summed E-state index contributed by atoms with van der Waals surface area (Å²) in [7, 11) is 0. The van der Waals surface area contributed by atoms with Gasteiger partial charge in [0.05, 0.1) is 29.6 Å². The molecule has 1 aromatic heterocycles. The van der Waals surface area contributed by atoms with Gasteiger partial charge in [-0.3, -0.25) is 29.0 Å². The lowest BCUT2D eigenvalue weighted by Crippen LogP contribution is -2.44. The summed E-state index contributed by atoms with van der Waals surface area (Å²) in [6.45, 7) is -0.252. The number of carbonyl (C=O) groups is 4. The molecule has 8 heteroatoms. The third-order valence-electron chi connectivity index (χ3n) is 10.7. The van der Waals surface area contributed by atoms with Crippen molar-refractivity contribution in [1.82, 2.24) is 9.80 Å². The second-order valence-electron chi connectivity index (χ2n) is 12.7. The molecule has 5 fully saturated rings. The lowest BCUT2D eigenvalue weighted by atomic mass is 9.58. The van der Waals surface area contributed by atoms with E-state index >= 15 is 0 Å². The molecule has 8 nitrogen and oxygen atoms in total. The second-order valence-corrected chi connectivity index (χ2v) is 12.7. The molecule has 3 saturated carbocycles. The molecular weight excluding hydrogens is 496 g/mol. The average molecular weight is 535 g/mol. The summed E-state index contributed by atoms with van der Waals surface area (Å²) in [6, 6.07) is 3.44. The summed E-state index contributed by atoms with van der Waals surface area (Å²) in [4.78, 5) is 58.8. The van der Waals surface area contributed by atoms with Crippen molar-refractivity contribution >= 4 is 23.6 Å². The number of hydrogen-bond donors (Lipinski definition) is 1. The number of allylic oxidation sites excluding steroid dienone is 2. The Balaban J connectivity index is 1.27. The summed E-state index contributed by atoms with van der Waals surface area (Å²) >= 11 is 0. The zero-order valence-corrected chi connectivity index (χ0v) is 22.4. The molecule has 1 N–H and O–H groups in total.